The maximum atomic E-state index is 5.35. The first-order valence-corrected chi connectivity index (χ1v) is 5.47. The summed E-state index contributed by atoms with van der Waals surface area (Å²) in [5.41, 5.74) is 1.32. The zero-order chi connectivity index (χ0) is 10.4. The van der Waals surface area contributed by atoms with Crippen LogP contribution in [0.25, 0.3) is 0 Å². The third-order valence-corrected chi connectivity index (χ3v) is 2.49. The van der Waals surface area contributed by atoms with Crippen LogP contribution in [0.2, 0.25) is 0 Å². The van der Waals surface area contributed by atoms with Gasteiger partial charge < -0.3 is 9.47 Å². The molecule has 78 valence electrons. The molecular formula is C11H15BrO2. The lowest BCUT2D eigenvalue weighted by Gasteiger charge is -2.08. The summed E-state index contributed by atoms with van der Waals surface area (Å²) in [5.74, 6) is 0.826. The highest BCUT2D eigenvalue weighted by Gasteiger charge is 2.01. The van der Waals surface area contributed by atoms with Gasteiger partial charge in [0, 0.05) is 7.11 Å². The molecule has 0 radical (unpaired) electrons. The molecule has 0 aliphatic carbocycles. The Morgan fingerprint density at radius 2 is 2.14 bits per heavy atom. The highest BCUT2D eigenvalue weighted by Crippen LogP contribution is 2.26. The first-order valence-electron chi connectivity index (χ1n) is 4.68. The van der Waals surface area contributed by atoms with Crippen molar-refractivity contribution in [2.75, 3.05) is 13.9 Å². The highest BCUT2D eigenvalue weighted by atomic mass is 79.9. The molecule has 1 aromatic carbocycles. The molecule has 0 unspecified atom stereocenters. The van der Waals surface area contributed by atoms with Crippen LogP contribution in [0.4, 0.5) is 0 Å². The van der Waals surface area contributed by atoms with Crippen molar-refractivity contribution in [3.8, 4) is 5.75 Å². The van der Waals surface area contributed by atoms with Crippen molar-refractivity contribution in [1.29, 1.82) is 0 Å². The Bertz CT molecular complexity index is 287. The Hall–Kier alpha value is -0.540. The number of rotatable bonds is 5. The van der Waals surface area contributed by atoms with Gasteiger partial charge in [0.1, 0.15) is 5.75 Å². The molecule has 0 atom stereocenters. The van der Waals surface area contributed by atoms with Gasteiger partial charge in [-0.05, 0) is 40.0 Å². The fraction of sp³-hybridized carbons (Fsp3) is 0.455. The Labute approximate surface area is 93.4 Å². The number of halogens is 1. The second-order valence-electron chi connectivity index (χ2n) is 3.07. The van der Waals surface area contributed by atoms with Crippen LogP contribution in [-0.4, -0.2) is 13.9 Å². The van der Waals surface area contributed by atoms with Crippen LogP contribution in [0.5, 0.6) is 5.75 Å². The summed E-state index contributed by atoms with van der Waals surface area (Å²) in [4.78, 5) is 0. The van der Waals surface area contributed by atoms with Gasteiger partial charge in [-0.2, -0.15) is 0 Å². The molecule has 14 heavy (non-hydrogen) atoms. The van der Waals surface area contributed by atoms with E-state index in [1.165, 1.54) is 5.56 Å². The van der Waals surface area contributed by atoms with Gasteiger partial charge in [0.25, 0.3) is 0 Å². The largest absolute Gasteiger partial charge is 0.466 e. The first kappa shape index (κ1) is 11.5. The lowest BCUT2D eigenvalue weighted by Crippen LogP contribution is -1.99. The molecule has 1 aromatic rings. The summed E-state index contributed by atoms with van der Waals surface area (Å²) in [7, 11) is 1.61. The minimum atomic E-state index is 0.283. The number of hydrogen-bond acceptors (Lipinski definition) is 2. The molecule has 0 bridgehead atoms. The molecule has 0 heterocycles. The highest BCUT2D eigenvalue weighted by molar-refractivity contribution is 9.10. The van der Waals surface area contributed by atoms with E-state index >= 15 is 0 Å². The Morgan fingerprint density at radius 3 is 2.71 bits per heavy atom. The van der Waals surface area contributed by atoms with Crippen molar-refractivity contribution in [3.05, 3.63) is 28.2 Å². The van der Waals surface area contributed by atoms with E-state index < -0.39 is 0 Å². The summed E-state index contributed by atoms with van der Waals surface area (Å²) in [6.07, 6.45) is 2.26. The normalized spacial score (nSPS) is 10.2. The summed E-state index contributed by atoms with van der Waals surface area (Å²) >= 11 is 3.47. The van der Waals surface area contributed by atoms with E-state index in [4.69, 9.17) is 9.47 Å². The lowest BCUT2D eigenvalue weighted by atomic mass is 10.1. The average Bonchev–Trinajstić information content (AvgIpc) is 2.17. The molecule has 0 aliphatic rings. The van der Waals surface area contributed by atoms with E-state index in [-0.39, 0.29) is 6.79 Å². The van der Waals surface area contributed by atoms with Gasteiger partial charge in [0.15, 0.2) is 6.79 Å². The van der Waals surface area contributed by atoms with Gasteiger partial charge in [0.2, 0.25) is 0 Å². The molecule has 0 amide bonds. The van der Waals surface area contributed by atoms with Gasteiger partial charge in [-0.15, -0.1) is 0 Å². The zero-order valence-electron chi connectivity index (χ0n) is 8.55. The SMILES string of the molecule is CCCc1ccc(OCOC)c(Br)c1. The smallest absolute Gasteiger partial charge is 0.188 e. The number of benzene rings is 1. The van der Waals surface area contributed by atoms with Crippen LogP contribution in [0.15, 0.2) is 22.7 Å². The zero-order valence-corrected chi connectivity index (χ0v) is 10.1. The van der Waals surface area contributed by atoms with Crippen LogP contribution in [0, 0.1) is 0 Å². The standard InChI is InChI=1S/C11H15BrO2/c1-3-4-9-5-6-11(10(12)7-9)14-8-13-2/h5-7H,3-4,8H2,1-2H3. The fourth-order valence-electron chi connectivity index (χ4n) is 1.23. The van der Waals surface area contributed by atoms with E-state index in [9.17, 15) is 0 Å². The van der Waals surface area contributed by atoms with Crippen molar-refractivity contribution >= 4 is 15.9 Å². The van der Waals surface area contributed by atoms with Crippen LogP contribution in [-0.2, 0) is 11.2 Å². The average molecular weight is 259 g/mol. The maximum absolute atomic E-state index is 5.35. The number of hydrogen-bond donors (Lipinski definition) is 0. The van der Waals surface area contributed by atoms with Gasteiger partial charge in [-0.1, -0.05) is 19.4 Å². The topological polar surface area (TPSA) is 18.5 Å². The minimum absolute atomic E-state index is 0.283. The van der Waals surface area contributed by atoms with Gasteiger partial charge in [-0.3, -0.25) is 0 Å². The fourth-order valence-corrected chi connectivity index (χ4v) is 1.77. The molecule has 0 aliphatic heterocycles. The molecule has 0 fully saturated rings. The molecule has 0 spiro atoms. The third-order valence-electron chi connectivity index (χ3n) is 1.87. The van der Waals surface area contributed by atoms with Gasteiger partial charge >= 0.3 is 0 Å². The van der Waals surface area contributed by atoms with Crippen molar-refractivity contribution in [1.82, 2.24) is 0 Å². The Kier molecular flexibility index (Phi) is 4.98. The van der Waals surface area contributed by atoms with E-state index in [1.807, 2.05) is 6.07 Å². The summed E-state index contributed by atoms with van der Waals surface area (Å²) < 4.78 is 11.2. The molecule has 0 saturated heterocycles. The van der Waals surface area contributed by atoms with Gasteiger partial charge in [-0.25, -0.2) is 0 Å². The van der Waals surface area contributed by atoms with Crippen molar-refractivity contribution < 1.29 is 9.47 Å². The summed E-state index contributed by atoms with van der Waals surface area (Å²) in [6, 6.07) is 6.14. The molecule has 2 nitrogen and oxygen atoms in total. The van der Waals surface area contributed by atoms with E-state index in [0.717, 1.165) is 23.1 Å². The Balaban J connectivity index is 2.68. The predicted octanol–water partition coefficient (Wildman–Crippen LogP) is 3.38. The van der Waals surface area contributed by atoms with E-state index in [2.05, 4.69) is 35.0 Å². The van der Waals surface area contributed by atoms with Crippen LogP contribution >= 0.6 is 15.9 Å². The molecule has 0 N–H and O–H groups in total. The van der Waals surface area contributed by atoms with Crippen LogP contribution < -0.4 is 4.74 Å². The van der Waals surface area contributed by atoms with Crippen molar-refractivity contribution in [2.24, 2.45) is 0 Å². The first-order chi connectivity index (χ1) is 6.77. The molecule has 1 rings (SSSR count). The van der Waals surface area contributed by atoms with Gasteiger partial charge in [0.05, 0.1) is 4.47 Å². The van der Waals surface area contributed by atoms with Crippen molar-refractivity contribution in [2.45, 2.75) is 19.8 Å². The minimum Gasteiger partial charge on any atom is -0.466 e. The van der Waals surface area contributed by atoms with Crippen LogP contribution in [0.1, 0.15) is 18.9 Å². The number of aryl methyl sites for hydroxylation is 1. The van der Waals surface area contributed by atoms with E-state index in [1.54, 1.807) is 7.11 Å². The monoisotopic (exact) mass is 258 g/mol. The second-order valence-corrected chi connectivity index (χ2v) is 3.92. The van der Waals surface area contributed by atoms with E-state index in [0.29, 0.717) is 0 Å². The Morgan fingerprint density at radius 1 is 1.36 bits per heavy atom. The lowest BCUT2D eigenvalue weighted by molar-refractivity contribution is 0.0506. The molecule has 0 aromatic heterocycles. The molecular weight excluding hydrogens is 244 g/mol. The van der Waals surface area contributed by atoms with Crippen molar-refractivity contribution in [3.63, 3.8) is 0 Å². The maximum Gasteiger partial charge on any atom is 0.188 e. The number of ether oxygens (including phenoxy) is 2. The third kappa shape index (κ3) is 3.31. The number of methoxy groups -OCH3 is 1. The summed E-state index contributed by atoms with van der Waals surface area (Å²) in [6.45, 7) is 2.45. The summed E-state index contributed by atoms with van der Waals surface area (Å²) in [5, 5.41) is 0. The predicted molar refractivity (Wildman–Crippen MR) is 60.6 cm³/mol. The second kappa shape index (κ2) is 6.04. The quantitative estimate of drug-likeness (QED) is 0.754. The molecule has 0 saturated carbocycles. The molecule has 3 heteroatoms. The van der Waals surface area contributed by atoms with Crippen LogP contribution in [0.3, 0.4) is 0 Å².